The average molecular weight is 279 g/mol. The summed E-state index contributed by atoms with van der Waals surface area (Å²) in [5.74, 6) is -0.181. The summed E-state index contributed by atoms with van der Waals surface area (Å²) in [4.78, 5) is 0. The highest BCUT2D eigenvalue weighted by Gasteiger charge is 2.08. The summed E-state index contributed by atoms with van der Waals surface area (Å²) in [5, 5.41) is 13.6. The minimum atomic E-state index is -0.181. The second-order valence-electron chi connectivity index (χ2n) is 4.42. The van der Waals surface area contributed by atoms with Gasteiger partial charge in [-0.2, -0.15) is 0 Å². The SMILES string of the molecule is CCNCCCc1nnc(-c2ccc(F)c(C)c2)s1. The highest BCUT2D eigenvalue weighted by Crippen LogP contribution is 2.25. The summed E-state index contributed by atoms with van der Waals surface area (Å²) in [7, 11) is 0. The Morgan fingerprint density at radius 1 is 1.32 bits per heavy atom. The molecular weight excluding hydrogens is 261 g/mol. The van der Waals surface area contributed by atoms with Crippen molar-refractivity contribution in [2.24, 2.45) is 0 Å². The van der Waals surface area contributed by atoms with E-state index in [1.807, 2.05) is 6.07 Å². The van der Waals surface area contributed by atoms with Crippen LogP contribution in [-0.2, 0) is 6.42 Å². The van der Waals surface area contributed by atoms with Gasteiger partial charge >= 0.3 is 0 Å². The molecule has 0 bridgehead atoms. The van der Waals surface area contributed by atoms with Crippen molar-refractivity contribution in [2.45, 2.75) is 26.7 Å². The van der Waals surface area contributed by atoms with Crippen molar-refractivity contribution < 1.29 is 4.39 Å². The van der Waals surface area contributed by atoms with E-state index in [9.17, 15) is 4.39 Å². The Hall–Kier alpha value is -1.33. The van der Waals surface area contributed by atoms with Gasteiger partial charge < -0.3 is 5.32 Å². The maximum Gasteiger partial charge on any atom is 0.147 e. The molecule has 0 aliphatic carbocycles. The third-order valence-corrected chi connectivity index (χ3v) is 3.90. The lowest BCUT2D eigenvalue weighted by Gasteiger charge is -1.99. The van der Waals surface area contributed by atoms with Crippen molar-refractivity contribution in [2.75, 3.05) is 13.1 Å². The van der Waals surface area contributed by atoms with Gasteiger partial charge in [-0.1, -0.05) is 18.3 Å². The second-order valence-corrected chi connectivity index (χ2v) is 5.48. The van der Waals surface area contributed by atoms with E-state index in [1.165, 1.54) is 6.07 Å². The first kappa shape index (κ1) is 14.1. The zero-order valence-corrected chi connectivity index (χ0v) is 12.1. The number of halogens is 1. The topological polar surface area (TPSA) is 37.8 Å². The highest BCUT2D eigenvalue weighted by molar-refractivity contribution is 7.14. The molecule has 19 heavy (non-hydrogen) atoms. The van der Waals surface area contributed by atoms with Crippen LogP contribution in [-0.4, -0.2) is 23.3 Å². The number of aromatic nitrogens is 2. The van der Waals surface area contributed by atoms with Gasteiger partial charge in [-0.15, -0.1) is 10.2 Å². The molecular formula is C14H18FN3S. The van der Waals surface area contributed by atoms with Crippen LogP contribution in [0.25, 0.3) is 10.6 Å². The molecule has 0 radical (unpaired) electrons. The molecule has 102 valence electrons. The Labute approximate surface area is 116 Å². The van der Waals surface area contributed by atoms with Crippen LogP contribution in [0.15, 0.2) is 18.2 Å². The van der Waals surface area contributed by atoms with Crippen LogP contribution in [0, 0.1) is 12.7 Å². The minimum Gasteiger partial charge on any atom is -0.317 e. The number of nitrogens with zero attached hydrogens (tertiary/aromatic N) is 2. The standard InChI is InChI=1S/C14H18FN3S/c1-3-16-8-4-5-13-17-18-14(19-13)11-6-7-12(15)10(2)9-11/h6-7,9,16H,3-5,8H2,1-2H3. The summed E-state index contributed by atoms with van der Waals surface area (Å²) in [6.45, 7) is 5.86. The van der Waals surface area contributed by atoms with Gasteiger partial charge in [0.1, 0.15) is 15.8 Å². The maximum absolute atomic E-state index is 13.2. The molecule has 5 heteroatoms. The minimum absolute atomic E-state index is 0.181. The molecule has 2 rings (SSSR count). The Bertz CT molecular complexity index is 539. The highest BCUT2D eigenvalue weighted by atomic mass is 32.1. The fourth-order valence-corrected chi connectivity index (χ4v) is 2.67. The molecule has 1 N–H and O–H groups in total. The van der Waals surface area contributed by atoms with Crippen molar-refractivity contribution in [3.05, 3.63) is 34.6 Å². The lowest BCUT2D eigenvalue weighted by molar-refractivity contribution is 0.619. The molecule has 0 spiro atoms. The molecule has 0 atom stereocenters. The monoisotopic (exact) mass is 279 g/mol. The van der Waals surface area contributed by atoms with E-state index >= 15 is 0 Å². The second kappa shape index (κ2) is 6.73. The first-order valence-corrected chi connectivity index (χ1v) is 7.32. The molecule has 1 aromatic carbocycles. The van der Waals surface area contributed by atoms with Crippen LogP contribution in [0.4, 0.5) is 4.39 Å². The van der Waals surface area contributed by atoms with Gasteiger partial charge in [0.25, 0.3) is 0 Å². The third kappa shape index (κ3) is 3.81. The smallest absolute Gasteiger partial charge is 0.147 e. The zero-order chi connectivity index (χ0) is 13.7. The van der Waals surface area contributed by atoms with Gasteiger partial charge in [-0.05, 0) is 50.2 Å². The van der Waals surface area contributed by atoms with Crippen molar-refractivity contribution in [3.8, 4) is 10.6 Å². The fraction of sp³-hybridized carbons (Fsp3) is 0.429. The van der Waals surface area contributed by atoms with E-state index in [0.29, 0.717) is 5.56 Å². The molecule has 2 aromatic rings. The molecule has 1 heterocycles. The number of nitrogens with one attached hydrogen (secondary N) is 1. The largest absolute Gasteiger partial charge is 0.317 e. The van der Waals surface area contributed by atoms with Crippen LogP contribution < -0.4 is 5.32 Å². The van der Waals surface area contributed by atoms with E-state index in [-0.39, 0.29) is 5.82 Å². The van der Waals surface area contributed by atoms with Crippen molar-refractivity contribution in [1.29, 1.82) is 0 Å². The number of hydrogen-bond donors (Lipinski definition) is 1. The number of benzene rings is 1. The van der Waals surface area contributed by atoms with Gasteiger partial charge in [0, 0.05) is 12.0 Å². The molecule has 0 amide bonds. The number of hydrogen-bond acceptors (Lipinski definition) is 4. The van der Waals surface area contributed by atoms with E-state index in [2.05, 4.69) is 22.4 Å². The lowest BCUT2D eigenvalue weighted by atomic mass is 10.1. The predicted molar refractivity (Wildman–Crippen MR) is 76.9 cm³/mol. The summed E-state index contributed by atoms with van der Waals surface area (Å²) >= 11 is 1.59. The summed E-state index contributed by atoms with van der Waals surface area (Å²) in [5.41, 5.74) is 1.58. The first-order valence-electron chi connectivity index (χ1n) is 6.50. The van der Waals surface area contributed by atoms with Crippen molar-refractivity contribution in [3.63, 3.8) is 0 Å². The summed E-state index contributed by atoms with van der Waals surface area (Å²) in [6.07, 6.45) is 2.00. The average Bonchev–Trinajstić information content (AvgIpc) is 2.87. The van der Waals surface area contributed by atoms with Crippen LogP contribution in [0.1, 0.15) is 23.9 Å². The molecule has 1 aromatic heterocycles. The zero-order valence-electron chi connectivity index (χ0n) is 11.2. The van der Waals surface area contributed by atoms with Gasteiger partial charge in [0.2, 0.25) is 0 Å². The van der Waals surface area contributed by atoms with Gasteiger partial charge in [0.05, 0.1) is 0 Å². The van der Waals surface area contributed by atoms with E-state index in [0.717, 1.165) is 41.5 Å². The van der Waals surface area contributed by atoms with Crippen LogP contribution in [0.3, 0.4) is 0 Å². The Morgan fingerprint density at radius 2 is 2.16 bits per heavy atom. The molecule has 0 aliphatic rings. The van der Waals surface area contributed by atoms with Gasteiger partial charge in [-0.25, -0.2) is 4.39 Å². The van der Waals surface area contributed by atoms with Crippen LogP contribution in [0.5, 0.6) is 0 Å². The maximum atomic E-state index is 13.2. The van der Waals surface area contributed by atoms with Gasteiger partial charge in [0.15, 0.2) is 0 Å². The normalized spacial score (nSPS) is 10.9. The number of aryl methyl sites for hydroxylation is 2. The van der Waals surface area contributed by atoms with E-state index in [1.54, 1.807) is 24.3 Å². The van der Waals surface area contributed by atoms with E-state index < -0.39 is 0 Å². The van der Waals surface area contributed by atoms with Crippen LogP contribution in [0.2, 0.25) is 0 Å². The fourth-order valence-electron chi connectivity index (χ4n) is 1.79. The molecule has 3 nitrogen and oxygen atoms in total. The quantitative estimate of drug-likeness (QED) is 0.825. The summed E-state index contributed by atoms with van der Waals surface area (Å²) < 4.78 is 13.2. The lowest BCUT2D eigenvalue weighted by Crippen LogP contribution is -2.14. The molecule has 0 saturated carbocycles. The van der Waals surface area contributed by atoms with Gasteiger partial charge in [-0.3, -0.25) is 0 Å². The molecule has 0 unspecified atom stereocenters. The Morgan fingerprint density at radius 3 is 2.89 bits per heavy atom. The molecule has 0 aliphatic heterocycles. The Balaban J connectivity index is 2.01. The van der Waals surface area contributed by atoms with E-state index in [4.69, 9.17) is 0 Å². The number of rotatable bonds is 6. The molecule has 0 fully saturated rings. The van der Waals surface area contributed by atoms with Crippen molar-refractivity contribution in [1.82, 2.24) is 15.5 Å². The molecule has 0 saturated heterocycles. The van der Waals surface area contributed by atoms with Crippen LogP contribution >= 0.6 is 11.3 Å². The van der Waals surface area contributed by atoms with Crippen molar-refractivity contribution >= 4 is 11.3 Å². The first-order chi connectivity index (χ1) is 9.20. The predicted octanol–water partition coefficient (Wildman–Crippen LogP) is 3.19. The summed E-state index contributed by atoms with van der Waals surface area (Å²) in [6, 6.07) is 5.06. The third-order valence-electron chi connectivity index (χ3n) is 2.87. The Kier molecular flexibility index (Phi) is 4.99.